The Labute approximate surface area is 234 Å². The van der Waals surface area contributed by atoms with E-state index in [2.05, 4.69) is 53.5 Å². The van der Waals surface area contributed by atoms with Crippen LogP contribution in [0, 0.1) is 5.92 Å². The van der Waals surface area contributed by atoms with Crippen LogP contribution < -0.4 is 5.32 Å². The lowest BCUT2D eigenvalue weighted by molar-refractivity contribution is -0.131. The maximum atomic E-state index is 13.8. The minimum atomic E-state index is -0.274. The van der Waals surface area contributed by atoms with Gasteiger partial charge in [-0.05, 0) is 80.6 Å². The summed E-state index contributed by atoms with van der Waals surface area (Å²) >= 11 is 0. The van der Waals surface area contributed by atoms with Crippen molar-refractivity contribution < 1.29 is 9.59 Å². The third-order valence-corrected chi connectivity index (χ3v) is 7.85. The van der Waals surface area contributed by atoms with Crippen molar-refractivity contribution in [2.45, 2.75) is 51.9 Å². The fourth-order valence-corrected chi connectivity index (χ4v) is 5.51. The molecule has 0 saturated carbocycles. The molecule has 0 unspecified atom stereocenters. The summed E-state index contributed by atoms with van der Waals surface area (Å²) in [6.07, 6.45) is 3.20. The first-order valence-corrected chi connectivity index (χ1v) is 14.5. The number of nitrogens with one attached hydrogen (secondary N) is 1. The van der Waals surface area contributed by atoms with Crippen LogP contribution in [-0.2, 0) is 9.59 Å². The van der Waals surface area contributed by atoms with Crippen LogP contribution in [0.15, 0.2) is 84.9 Å². The maximum absolute atomic E-state index is 13.8. The summed E-state index contributed by atoms with van der Waals surface area (Å²) in [4.78, 5) is 30.4. The fourth-order valence-electron chi connectivity index (χ4n) is 5.51. The molecule has 1 aliphatic rings. The van der Waals surface area contributed by atoms with Gasteiger partial charge in [0, 0.05) is 24.7 Å². The highest BCUT2D eigenvalue weighted by Gasteiger charge is 2.27. The van der Waals surface area contributed by atoms with Crippen molar-refractivity contribution in [2.24, 2.45) is 5.92 Å². The molecule has 1 saturated heterocycles. The second-order valence-electron chi connectivity index (χ2n) is 10.9. The van der Waals surface area contributed by atoms with Crippen molar-refractivity contribution in [1.82, 2.24) is 9.80 Å². The van der Waals surface area contributed by atoms with E-state index in [9.17, 15) is 9.59 Å². The number of hydrogen-bond donors (Lipinski definition) is 1. The summed E-state index contributed by atoms with van der Waals surface area (Å²) in [5, 5.41) is 3.03. The molecule has 0 aliphatic carbocycles. The summed E-state index contributed by atoms with van der Waals surface area (Å²) in [5.74, 6) is 0.449. The number of likely N-dealkylation sites (tertiary alicyclic amines) is 1. The van der Waals surface area contributed by atoms with Gasteiger partial charge in [0.05, 0.1) is 5.92 Å². The van der Waals surface area contributed by atoms with Gasteiger partial charge in [-0.1, -0.05) is 86.6 Å². The molecule has 39 heavy (non-hydrogen) atoms. The van der Waals surface area contributed by atoms with E-state index >= 15 is 0 Å². The lowest BCUT2D eigenvalue weighted by Crippen LogP contribution is -2.39. The maximum Gasteiger partial charge on any atom is 0.234 e. The molecule has 0 aromatic heterocycles. The standard InChI is InChI=1S/C34H43N3O2/c1-4-37(34(39)32(28-13-7-5-8-14-28)29-15-9-6-10-16-29)22-12-21-36-23-19-27(20-24-36)30-17-11-18-31(25-30)35-33(38)26(2)3/h5-11,13-18,25-27,32H,4,12,19-24H2,1-3H3,(H,35,38). The summed E-state index contributed by atoms with van der Waals surface area (Å²) in [6, 6.07) is 28.6. The van der Waals surface area contributed by atoms with Crippen LogP contribution in [0.4, 0.5) is 5.69 Å². The van der Waals surface area contributed by atoms with Crippen molar-refractivity contribution in [3.8, 4) is 0 Å². The smallest absolute Gasteiger partial charge is 0.234 e. The van der Waals surface area contributed by atoms with Crippen LogP contribution in [0.1, 0.15) is 68.6 Å². The Morgan fingerprint density at radius 1 is 0.897 bits per heavy atom. The molecule has 3 aromatic carbocycles. The molecule has 1 aliphatic heterocycles. The Morgan fingerprint density at radius 3 is 2.08 bits per heavy atom. The van der Waals surface area contributed by atoms with Gasteiger partial charge in [-0.15, -0.1) is 0 Å². The van der Waals surface area contributed by atoms with Gasteiger partial charge >= 0.3 is 0 Å². The highest BCUT2D eigenvalue weighted by molar-refractivity contribution is 5.92. The highest BCUT2D eigenvalue weighted by atomic mass is 16.2. The van der Waals surface area contributed by atoms with Crippen LogP contribution in [0.3, 0.4) is 0 Å². The van der Waals surface area contributed by atoms with E-state index in [-0.39, 0.29) is 23.7 Å². The Bertz CT molecular complexity index is 1150. The van der Waals surface area contributed by atoms with Crippen LogP contribution in [0.25, 0.3) is 0 Å². The zero-order valence-corrected chi connectivity index (χ0v) is 23.7. The van der Waals surface area contributed by atoms with Crippen molar-refractivity contribution in [1.29, 1.82) is 0 Å². The first-order valence-electron chi connectivity index (χ1n) is 14.5. The van der Waals surface area contributed by atoms with Gasteiger partial charge in [0.25, 0.3) is 0 Å². The van der Waals surface area contributed by atoms with Gasteiger partial charge in [-0.2, -0.15) is 0 Å². The fraction of sp³-hybridized carbons (Fsp3) is 0.412. The second-order valence-corrected chi connectivity index (χ2v) is 10.9. The summed E-state index contributed by atoms with van der Waals surface area (Å²) in [7, 11) is 0. The predicted octanol–water partition coefficient (Wildman–Crippen LogP) is 6.53. The lowest BCUT2D eigenvalue weighted by atomic mass is 9.89. The zero-order chi connectivity index (χ0) is 27.6. The molecule has 1 heterocycles. The molecule has 5 nitrogen and oxygen atoms in total. The normalized spacial score (nSPS) is 14.5. The number of hydrogen-bond acceptors (Lipinski definition) is 3. The van der Waals surface area contributed by atoms with Crippen LogP contribution in [0.5, 0.6) is 0 Å². The molecule has 0 spiro atoms. The monoisotopic (exact) mass is 525 g/mol. The molecule has 1 fully saturated rings. The van der Waals surface area contributed by atoms with Gasteiger partial charge in [0.2, 0.25) is 11.8 Å². The van der Waals surface area contributed by atoms with Gasteiger partial charge < -0.3 is 15.1 Å². The molecule has 0 radical (unpaired) electrons. The summed E-state index contributed by atoms with van der Waals surface area (Å²) in [5.41, 5.74) is 4.29. The largest absolute Gasteiger partial charge is 0.342 e. The molecule has 206 valence electrons. The Kier molecular flexibility index (Phi) is 10.3. The first-order chi connectivity index (χ1) is 19.0. The lowest BCUT2D eigenvalue weighted by Gasteiger charge is -2.33. The second kappa shape index (κ2) is 14.1. The van der Waals surface area contributed by atoms with Gasteiger partial charge in [0.1, 0.15) is 0 Å². The van der Waals surface area contributed by atoms with Crippen molar-refractivity contribution in [2.75, 3.05) is 38.0 Å². The molecule has 3 aromatic rings. The molecular formula is C34H43N3O2. The minimum absolute atomic E-state index is 0.0293. The first kappa shape index (κ1) is 28.6. The molecule has 4 rings (SSSR count). The third kappa shape index (κ3) is 7.79. The number of carbonyl (C=O) groups excluding carboxylic acids is 2. The van der Waals surface area contributed by atoms with E-state index in [1.54, 1.807) is 0 Å². The number of benzene rings is 3. The Morgan fingerprint density at radius 2 is 1.51 bits per heavy atom. The Hall–Kier alpha value is -3.44. The molecular weight excluding hydrogens is 482 g/mol. The number of nitrogens with zero attached hydrogens (tertiary/aromatic N) is 2. The molecule has 0 atom stereocenters. The molecule has 2 amide bonds. The van der Waals surface area contributed by atoms with E-state index < -0.39 is 0 Å². The molecule has 5 heteroatoms. The minimum Gasteiger partial charge on any atom is -0.342 e. The van der Waals surface area contributed by atoms with E-state index in [1.807, 2.05) is 67.3 Å². The number of likely N-dealkylation sites (N-methyl/N-ethyl adjacent to an activating group) is 1. The van der Waals surface area contributed by atoms with Gasteiger partial charge in [-0.25, -0.2) is 0 Å². The topological polar surface area (TPSA) is 52.6 Å². The quantitative estimate of drug-likeness (QED) is 0.310. The SMILES string of the molecule is CCN(CCCN1CCC(c2cccc(NC(=O)C(C)C)c2)CC1)C(=O)C(c1ccccc1)c1ccccc1. The average Bonchev–Trinajstić information content (AvgIpc) is 2.97. The van der Waals surface area contributed by atoms with E-state index in [0.717, 1.165) is 62.3 Å². The summed E-state index contributed by atoms with van der Waals surface area (Å²) < 4.78 is 0. The number of carbonyl (C=O) groups is 2. The van der Waals surface area contributed by atoms with Gasteiger partial charge in [0.15, 0.2) is 0 Å². The predicted molar refractivity (Wildman–Crippen MR) is 160 cm³/mol. The van der Waals surface area contributed by atoms with Crippen LogP contribution in [0.2, 0.25) is 0 Å². The number of anilines is 1. The van der Waals surface area contributed by atoms with E-state index in [0.29, 0.717) is 12.5 Å². The molecule has 1 N–H and O–H groups in total. The van der Waals surface area contributed by atoms with E-state index in [4.69, 9.17) is 0 Å². The number of amides is 2. The van der Waals surface area contributed by atoms with E-state index in [1.165, 1.54) is 5.56 Å². The van der Waals surface area contributed by atoms with Crippen LogP contribution in [-0.4, -0.2) is 54.3 Å². The average molecular weight is 526 g/mol. The zero-order valence-electron chi connectivity index (χ0n) is 23.7. The molecule has 0 bridgehead atoms. The van der Waals surface area contributed by atoms with Crippen LogP contribution >= 0.6 is 0 Å². The summed E-state index contributed by atoms with van der Waals surface area (Å²) in [6.45, 7) is 10.5. The van der Waals surface area contributed by atoms with Crippen molar-refractivity contribution in [3.05, 3.63) is 102 Å². The highest BCUT2D eigenvalue weighted by Crippen LogP contribution is 2.30. The van der Waals surface area contributed by atoms with Gasteiger partial charge in [-0.3, -0.25) is 9.59 Å². The number of piperidine rings is 1. The van der Waals surface area contributed by atoms with Crippen molar-refractivity contribution >= 4 is 17.5 Å². The van der Waals surface area contributed by atoms with Crippen molar-refractivity contribution in [3.63, 3.8) is 0 Å². The Balaban J connectivity index is 1.29. The number of rotatable bonds is 11. The third-order valence-electron chi connectivity index (χ3n) is 7.85.